The third-order valence-electron chi connectivity index (χ3n) is 5.95. The van der Waals surface area contributed by atoms with Crippen LogP contribution in [-0.4, -0.2) is 59.4 Å². The van der Waals surface area contributed by atoms with Crippen LogP contribution in [0.4, 0.5) is 5.82 Å². The summed E-state index contributed by atoms with van der Waals surface area (Å²) in [5.74, 6) is -0.0812. The van der Waals surface area contributed by atoms with Gasteiger partial charge in [-0.1, -0.05) is 19.3 Å². The van der Waals surface area contributed by atoms with Crippen LogP contribution < -0.4 is 10.6 Å². The van der Waals surface area contributed by atoms with Gasteiger partial charge in [-0.25, -0.2) is 4.98 Å². The lowest BCUT2D eigenvalue weighted by Gasteiger charge is -2.34. The first-order valence-electron chi connectivity index (χ1n) is 11.4. The third-order valence-corrected chi connectivity index (χ3v) is 5.95. The highest BCUT2D eigenvalue weighted by molar-refractivity contribution is 5.93. The molecule has 2 aliphatic rings. The third kappa shape index (κ3) is 7.61. The molecular weight excluding hydrogens is 396 g/mol. The van der Waals surface area contributed by atoms with Gasteiger partial charge in [0.25, 0.3) is 0 Å². The lowest BCUT2D eigenvalue weighted by molar-refractivity contribution is -0.139. The van der Waals surface area contributed by atoms with Crippen molar-refractivity contribution in [3.05, 3.63) is 23.9 Å². The fourth-order valence-corrected chi connectivity index (χ4v) is 4.23. The fourth-order valence-electron chi connectivity index (χ4n) is 4.23. The van der Waals surface area contributed by atoms with Crippen molar-refractivity contribution in [2.75, 3.05) is 25.0 Å². The predicted molar refractivity (Wildman–Crippen MR) is 117 cm³/mol. The number of carbonyl (C=O) groups excluding carboxylic acids is 3. The summed E-state index contributed by atoms with van der Waals surface area (Å²) in [4.78, 5) is 43.6. The molecule has 1 aromatic heterocycles. The number of hydrogen-bond acceptors (Lipinski definition) is 5. The molecule has 1 aliphatic carbocycles. The van der Waals surface area contributed by atoms with Crippen LogP contribution in [0.25, 0.3) is 0 Å². The van der Waals surface area contributed by atoms with Crippen molar-refractivity contribution in [1.29, 1.82) is 0 Å². The molecule has 1 saturated heterocycles. The summed E-state index contributed by atoms with van der Waals surface area (Å²) >= 11 is 0. The number of nitrogens with one attached hydrogen (secondary N) is 2. The minimum absolute atomic E-state index is 0.0390. The number of aryl methyl sites for hydroxylation is 1. The average Bonchev–Trinajstić information content (AvgIpc) is 3.29. The Hall–Kier alpha value is -2.48. The zero-order valence-electron chi connectivity index (χ0n) is 18.4. The summed E-state index contributed by atoms with van der Waals surface area (Å²) in [7, 11) is 0. The van der Waals surface area contributed by atoms with Gasteiger partial charge >= 0.3 is 0 Å². The zero-order valence-corrected chi connectivity index (χ0v) is 18.4. The second-order valence-electron chi connectivity index (χ2n) is 8.52. The number of carbonyl (C=O) groups is 3. The van der Waals surface area contributed by atoms with E-state index in [1.54, 1.807) is 17.2 Å². The molecule has 0 bridgehead atoms. The summed E-state index contributed by atoms with van der Waals surface area (Å²) in [6.45, 7) is 3.19. The van der Waals surface area contributed by atoms with Gasteiger partial charge in [0.05, 0.1) is 12.6 Å². The minimum atomic E-state index is -0.252. The number of aromatic nitrogens is 1. The molecule has 1 aromatic rings. The van der Waals surface area contributed by atoms with Gasteiger partial charge in [-0.05, 0) is 50.3 Å². The van der Waals surface area contributed by atoms with Crippen molar-refractivity contribution in [1.82, 2.24) is 15.2 Å². The number of ether oxygens (including phenoxy) is 1. The van der Waals surface area contributed by atoms with Gasteiger partial charge in [-0.2, -0.15) is 0 Å². The number of hydrogen-bond donors (Lipinski definition) is 2. The van der Waals surface area contributed by atoms with E-state index in [1.807, 2.05) is 13.0 Å². The normalized spacial score (nSPS) is 19.1. The van der Waals surface area contributed by atoms with E-state index in [2.05, 4.69) is 15.6 Å². The van der Waals surface area contributed by atoms with Crippen LogP contribution in [0.15, 0.2) is 18.3 Å². The van der Waals surface area contributed by atoms with Crippen molar-refractivity contribution in [3.63, 3.8) is 0 Å². The highest BCUT2D eigenvalue weighted by Gasteiger charge is 2.28. The van der Waals surface area contributed by atoms with Gasteiger partial charge in [-0.3, -0.25) is 14.4 Å². The Balaban J connectivity index is 1.51. The van der Waals surface area contributed by atoms with E-state index in [4.69, 9.17) is 4.74 Å². The average molecular weight is 431 g/mol. The molecule has 1 saturated carbocycles. The van der Waals surface area contributed by atoms with E-state index in [-0.39, 0.29) is 49.3 Å². The van der Waals surface area contributed by atoms with E-state index in [0.29, 0.717) is 12.4 Å². The summed E-state index contributed by atoms with van der Waals surface area (Å²) in [6, 6.07) is 3.70. The molecule has 0 aromatic carbocycles. The first-order valence-corrected chi connectivity index (χ1v) is 11.4. The Morgan fingerprint density at radius 2 is 1.90 bits per heavy atom. The lowest BCUT2D eigenvalue weighted by atomic mass is 9.94. The molecule has 0 radical (unpaired) electrons. The number of pyridine rings is 1. The van der Waals surface area contributed by atoms with Crippen LogP contribution in [0, 0.1) is 6.92 Å². The zero-order chi connectivity index (χ0) is 22.1. The van der Waals surface area contributed by atoms with Crippen LogP contribution >= 0.6 is 0 Å². The van der Waals surface area contributed by atoms with Crippen LogP contribution in [0.1, 0.15) is 63.4 Å². The van der Waals surface area contributed by atoms with Gasteiger partial charge in [0.1, 0.15) is 5.82 Å². The molecular formula is C23H34N4O4. The van der Waals surface area contributed by atoms with Crippen molar-refractivity contribution < 1.29 is 19.1 Å². The molecule has 31 heavy (non-hydrogen) atoms. The lowest BCUT2D eigenvalue weighted by Crippen LogP contribution is -2.48. The molecule has 2 N–H and O–H groups in total. The van der Waals surface area contributed by atoms with Crippen molar-refractivity contribution in [2.24, 2.45) is 0 Å². The van der Waals surface area contributed by atoms with Crippen LogP contribution in [0.2, 0.25) is 0 Å². The van der Waals surface area contributed by atoms with Crippen molar-refractivity contribution >= 4 is 23.5 Å². The fraction of sp³-hybridized carbons (Fsp3) is 0.652. The summed E-state index contributed by atoms with van der Waals surface area (Å²) < 4.78 is 5.55. The van der Waals surface area contributed by atoms with E-state index >= 15 is 0 Å². The van der Waals surface area contributed by atoms with E-state index in [0.717, 1.165) is 57.1 Å². The van der Waals surface area contributed by atoms with Gasteiger partial charge in [0.15, 0.2) is 0 Å². The quantitative estimate of drug-likeness (QED) is 0.627. The van der Waals surface area contributed by atoms with E-state index < -0.39 is 0 Å². The maximum atomic E-state index is 13.0. The Morgan fingerprint density at radius 3 is 2.61 bits per heavy atom. The molecule has 1 unspecified atom stereocenters. The number of rotatable bonds is 9. The Morgan fingerprint density at radius 1 is 1.10 bits per heavy atom. The van der Waals surface area contributed by atoms with E-state index in [1.165, 1.54) is 0 Å². The molecule has 8 nitrogen and oxygen atoms in total. The highest BCUT2D eigenvalue weighted by atomic mass is 16.5. The SMILES string of the molecule is Cc1ccnc(NC(=O)CCC(=O)N(CC(=O)NCC2CCCO2)C2CCCCC2)c1. The Bertz CT molecular complexity index is 758. The first-order chi connectivity index (χ1) is 15.0. The largest absolute Gasteiger partial charge is 0.376 e. The van der Waals surface area contributed by atoms with Crippen LogP contribution in [0.3, 0.4) is 0 Å². The molecule has 1 atom stereocenters. The second kappa shape index (κ2) is 11.8. The number of anilines is 1. The maximum Gasteiger partial charge on any atom is 0.239 e. The Kier molecular flexibility index (Phi) is 8.82. The van der Waals surface area contributed by atoms with Gasteiger partial charge in [0, 0.05) is 38.2 Å². The molecule has 2 fully saturated rings. The van der Waals surface area contributed by atoms with E-state index in [9.17, 15) is 14.4 Å². The van der Waals surface area contributed by atoms with Gasteiger partial charge in [-0.15, -0.1) is 0 Å². The van der Waals surface area contributed by atoms with Gasteiger partial charge < -0.3 is 20.3 Å². The standard InChI is InChI=1S/C23H34N4O4/c1-17-11-12-24-20(14-17)26-21(28)9-10-23(30)27(18-6-3-2-4-7-18)16-22(29)25-15-19-8-5-13-31-19/h11-12,14,18-19H,2-10,13,15-16H2,1H3,(H,25,29)(H,24,26,28). The molecule has 0 spiro atoms. The van der Waals surface area contributed by atoms with Gasteiger partial charge in [0.2, 0.25) is 17.7 Å². The summed E-state index contributed by atoms with van der Waals surface area (Å²) in [6.07, 6.45) is 8.92. The smallest absolute Gasteiger partial charge is 0.239 e. The maximum absolute atomic E-state index is 13.0. The first kappa shape index (κ1) is 23.2. The molecule has 1 aliphatic heterocycles. The molecule has 3 amide bonds. The van der Waals surface area contributed by atoms with Crippen LogP contribution in [0.5, 0.6) is 0 Å². The monoisotopic (exact) mass is 430 g/mol. The topological polar surface area (TPSA) is 101 Å². The summed E-state index contributed by atoms with van der Waals surface area (Å²) in [5.41, 5.74) is 0.999. The second-order valence-corrected chi connectivity index (χ2v) is 8.52. The van der Waals surface area contributed by atoms with Crippen LogP contribution in [-0.2, 0) is 19.1 Å². The number of nitrogens with zero attached hydrogens (tertiary/aromatic N) is 2. The molecule has 170 valence electrons. The Labute approximate surface area is 184 Å². The minimum Gasteiger partial charge on any atom is -0.376 e. The molecule has 3 rings (SSSR count). The molecule has 2 heterocycles. The molecule has 8 heteroatoms. The number of amides is 3. The highest BCUT2D eigenvalue weighted by Crippen LogP contribution is 2.23. The van der Waals surface area contributed by atoms with Crippen molar-refractivity contribution in [3.8, 4) is 0 Å². The van der Waals surface area contributed by atoms with Crippen molar-refractivity contribution in [2.45, 2.75) is 76.9 Å². The summed E-state index contributed by atoms with van der Waals surface area (Å²) in [5, 5.41) is 5.64. The predicted octanol–water partition coefficient (Wildman–Crippen LogP) is 2.57.